The average molecular weight is 360 g/mol. The lowest BCUT2D eigenvalue weighted by atomic mass is 9.89. The monoisotopic (exact) mass is 360 g/mol. The van der Waals surface area contributed by atoms with Gasteiger partial charge in [-0.1, -0.05) is 6.92 Å². The van der Waals surface area contributed by atoms with Crippen LogP contribution in [0.5, 0.6) is 0 Å². The maximum Gasteiger partial charge on any atom is 0.262 e. The largest absolute Gasteiger partial charge is 0.369 e. The van der Waals surface area contributed by atoms with E-state index in [4.69, 9.17) is 5.73 Å². The summed E-state index contributed by atoms with van der Waals surface area (Å²) in [7, 11) is 0. The second-order valence-electron chi connectivity index (χ2n) is 7.46. The van der Waals surface area contributed by atoms with Gasteiger partial charge in [-0.2, -0.15) is 0 Å². The fraction of sp³-hybridized carbons (Fsp3) is 0.611. The van der Waals surface area contributed by atoms with Crippen LogP contribution >= 0.6 is 11.3 Å². The van der Waals surface area contributed by atoms with Crippen molar-refractivity contribution in [3.63, 3.8) is 0 Å². The fourth-order valence-electron chi connectivity index (χ4n) is 4.18. The lowest BCUT2D eigenvalue weighted by molar-refractivity contribution is -0.119. The molecule has 2 aliphatic rings. The zero-order valence-corrected chi connectivity index (χ0v) is 15.3. The number of hydrogen-bond acceptors (Lipinski definition) is 5. The van der Waals surface area contributed by atoms with Gasteiger partial charge in [-0.05, 0) is 43.6 Å². The number of likely N-dealkylation sites (tertiary alicyclic amines) is 1. The molecule has 2 aromatic heterocycles. The first kappa shape index (κ1) is 16.7. The molecule has 1 saturated heterocycles. The van der Waals surface area contributed by atoms with Crippen molar-refractivity contribution in [3.8, 4) is 0 Å². The van der Waals surface area contributed by atoms with Crippen LogP contribution in [-0.4, -0.2) is 40.0 Å². The molecular weight excluding hydrogens is 336 g/mol. The van der Waals surface area contributed by atoms with Crippen LogP contribution in [0.4, 0.5) is 0 Å². The van der Waals surface area contributed by atoms with Gasteiger partial charge in [-0.3, -0.25) is 19.1 Å². The summed E-state index contributed by atoms with van der Waals surface area (Å²) in [6.45, 7) is 4.16. The number of fused-ring (bicyclic) bond motifs is 3. The summed E-state index contributed by atoms with van der Waals surface area (Å²) in [5, 5.41) is 0.856. The molecule has 6 nitrogen and oxygen atoms in total. The molecule has 134 valence electrons. The number of nitrogens with zero attached hydrogens (tertiary/aromatic N) is 3. The van der Waals surface area contributed by atoms with Gasteiger partial charge >= 0.3 is 0 Å². The number of carbonyl (C=O) groups excluding carboxylic acids is 1. The lowest BCUT2D eigenvalue weighted by Gasteiger charge is -2.31. The topological polar surface area (TPSA) is 81.2 Å². The molecule has 2 aromatic rings. The lowest BCUT2D eigenvalue weighted by Crippen LogP contribution is -2.41. The van der Waals surface area contributed by atoms with Gasteiger partial charge in [0.1, 0.15) is 4.83 Å². The van der Waals surface area contributed by atoms with E-state index in [0.29, 0.717) is 12.5 Å². The molecule has 1 aliphatic heterocycles. The molecule has 0 radical (unpaired) electrons. The summed E-state index contributed by atoms with van der Waals surface area (Å²) >= 11 is 1.70. The highest BCUT2D eigenvalue weighted by atomic mass is 32.1. The molecule has 1 fully saturated rings. The third kappa shape index (κ3) is 3.11. The summed E-state index contributed by atoms with van der Waals surface area (Å²) in [6.07, 6.45) is 6.65. The predicted octanol–water partition coefficient (Wildman–Crippen LogP) is 1.70. The van der Waals surface area contributed by atoms with E-state index in [-0.39, 0.29) is 17.5 Å². The Morgan fingerprint density at radius 1 is 1.36 bits per heavy atom. The molecule has 0 unspecified atom stereocenters. The molecule has 1 atom stereocenters. The Morgan fingerprint density at radius 2 is 2.12 bits per heavy atom. The maximum atomic E-state index is 13.1. The summed E-state index contributed by atoms with van der Waals surface area (Å²) in [5.41, 5.74) is 6.64. The number of hydrogen-bond donors (Lipinski definition) is 1. The normalized spacial score (nSPS) is 22.2. The Labute approximate surface area is 150 Å². The van der Waals surface area contributed by atoms with Crippen molar-refractivity contribution >= 4 is 27.5 Å². The molecule has 0 aromatic carbocycles. The molecule has 2 N–H and O–H groups in total. The van der Waals surface area contributed by atoms with Crippen molar-refractivity contribution in [1.29, 1.82) is 0 Å². The second kappa shape index (κ2) is 6.53. The van der Waals surface area contributed by atoms with E-state index in [9.17, 15) is 9.59 Å². The van der Waals surface area contributed by atoms with Gasteiger partial charge in [0.15, 0.2) is 0 Å². The predicted molar refractivity (Wildman–Crippen MR) is 99.0 cm³/mol. The van der Waals surface area contributed by atoms with E-state index in [2.05, 4.69) is 16.8 Å². The summed E-state index contributed by atoms with van der Waals surface area (Å²) in [6, 6.07) is 0.159. The van der Waals surface area contributed by atoms with Crippen LogP contribution in [-0.2, 0) is 17.6 Å². The van der Waals surface area contributed by atoms with E-state index in [1.165, 1.54) is 10.4 Å². The van der Waals surface area contributed by atoms with Gasteiger partial charge in [-0.25, -0.2) is 4.98 Å². The van der Waals surface area contributed by atoms with Crippen molar-refractivity contribution in [2.75, 3.05) is 19.6 Å². The number of primary amides is 1. The average Bonchev–Trinajstić information content (AvgIpc) is 2.94. The number of amides is 1. The highest BCUT2D eigenvalue weighted by Gasteiger charge is 2.26. The Bertz CT molecular complexity index is 864. The first-order chi connectivity index (χ1) is 12.0. The number of thiophene rings is 1. The summed E-state index contributed by atoms with van der Waals surface area (Å²) < 4.78 is 1.83. The van der Waals surface area contributed by atoms with Gasteiger partial charge in [0.25, 0.3) is 5.56 Å². The van der Waals surface area contributed by atoms with E-state index in [0.717, 1.165) is 55.4 Å². The van der Waals surface area contributed by atoms with Crippen molar-refractivity contribution in [1.82, 2.24) is 14.5 Å². The van der Waals surface area contributed by atoms with Crippen LogP contribution in [0.1, 0.15) is 42.7 Å². The molecule has 3 heterocycles. The van der Waals surface area contributed by atoms with Crippen LogP contribution in [0.15, 0.2) is 11.1 Å². The van der Waals surface area contributed by atoms with Crippen LogP contribution in [0.2, 0.25) is 0 Å². The molecule has 0 saturated carbocycles. The van der Waals surface area contributed by atoms with E-state index >= 15 is 0 Å². The molecule has 25 heavy (non-hydrogen) atoms. The third-order valence-corrected chi connectivity index (χ3v) is 6.73. The van der Waals surface area contributed by atoms with Crippen LogP contribution in [0.3, 0.4) is 0 Å². The Morgan fingerprint density at radius 3 is 2.84 bits per heavy atom. The molecule has 0 bridgehead atoms. The molecule has 0 spiro atoms. The highest BCUT2D eigenvalue weighted by Crippen LogP contribution is 2.36. The summed E-state index contributed by atoms with van der Waals surface area (Å²) in [4.78, 5) is 33.1. The van der Waals surface area contributed by atoms with Gasteiger partial charge in [0, 0.05) is 24.0 Å². The zero-order valence-electron chi connectivity index (χ0n) is 14.5. The van der Waals surface area contributed by atoms with Crippen LogP contribution in [0, 0.1) is 5.92 Å². The van der Waals surface area contributed by atoms with E-state index in [1.54, 1.807) is 17.7 Å². The summed E-state index contributed by atoms with van der Waals surface area (Å²) in [5.74, 6) is 0.398. The zero-order chi connectivity index (χ0) is 17.6. The van der Waals surface area contributed by atoms with Gasteiger partial charge in [0.05, 0.1) is 18.3 Å². The number of piperidine rings is 1. The molecular formula is C18H24N4O2S. The van der Waals surface area contributed by atoms with Gasteiger partial charge in [0.2, 0.25) is 5.91 Å². The van der Waals surface area contributed by atoms with Gasteiger partial charge in [-0.15, -0.1) is 11.3 Å². The van der Waals surface area contributed by atoms with Crippen molar-refractivity contribution in [2.24, 2.45) is 11.7 Å². The number of aromatic nitrogens is 2. The Kier molecular flexibility index (Phi) is 4.37. The minimum atomic E-state index is -0.294. The third-order valence-electron chi connectivity index (χ3n) is 5.57. The number of carbonyl (C=O) groups is 1. The molecule has 4 rings (SSSR count). The van der Waals surface area contributed by atoms with Crippen LogP contribution in [0.25, 0.3) is 10.2 Å². The van der Waals surface area contributed by atoms with Crippen molar-refractivity contribution in [3.05, 3.63) is 27.1 Å². The highest BCUT2D eigenvalue weighted by molar-refractivity contribution is 7.18. The van der Waals surface area contributed by atoms with E-state index in [1.807, 2.05) is 4.57 Å². The standard InChI is InChI=1S/C18H24N4O2S/c1-11-2-3-13-14(8-11)25-17-16(13)18(24)22(10-20-17)12-4-6-21(7-5-12)9-15(19)23/h10-12H,2-9H2,1H3,(H2,19,23)/t11-/m1/s1. The maximum absolute atomic E-state index is 13.1. The SMILES string of the molecule is C[C@@H]1CCc2c(sc3ncn(C4CCN(CC(N)=O)CC4)c(=O)c23)C1. The van der Waals surface area contributed by atoms with E-state index < -0.39 is 0 Å². The number of aryl methyl sites for hydroxylation is 1. The van der Waals surface area contributed by atoms with Crippen molar-refractivity contribution in [2.45, 2.75) is 45.1 Å². The Hall–Kier alpha value is -1.73. The first-order valence-electron chi connectivity index (χ1n) is 9.05. The minimum absolute atomic E-state index is 0.116. The van der Waals surface area contributed by atoms with Crippen LogP contribution < -0.4 is 11.3 Å². The number of nitrogens with two attached hydrogens (primary N) is 1. The first-order valence-corrected chi connectivity index (χ1v) is 9.86. The molecule has 1 amide bonds. The molecule has 1 aliphatic carbocycles. The van der Waals surface area contributed by atoms with Gasteiger partial charge < -0.3 is 5.73 Å². The minimum Gasteiger partial charge on any atom is -0.369 e. The Balaban J connectivity index is 1.62. The fourth-order valence-corrected chi connectivity index (χ4v) is 5.52. The van der Waals surface area contributed by atoms with Crippen molar-refractivity contribution < 1.29 is 4.79 Å². The number of rotatable bonds is 3. The quantitative estimate of drug-likeness (QED) is 0.903. The smallest absolute Gasteiger partial charge is 0.262 e. The molecule has 7 heteroatoms. The second-order valence-corrected chi connectivity index (χ2v) is 8.55.